The molecule has 1 atom stereocenters. The maximum absolute atomic E-state index is 13.5. The molecule has 2 N–H and O–H groups in total. The van der Waals surface area contributed by atoms with E-state index in [4.69, 9.17) is 4.74 Å². The van der Waals surface area contributed by atoms with Crippen molar-refractivity contribution in [3.8, 4) is 11.3 Å². The molecule has 0 spiro atoms. The van der Waals surface area contributed by atoms with Gasteiger partial charge in [0.25, 0.3) is 5.91 Å². The van der Waals surface area contributed by atoms with Crippen LogP contribution in [0.15, 0.2) is 29.2 Å². The molecule has 2 aliphatic carbocycles. The minimum atomic E-state index is -1.29. The third-order valence-corrected chi connectivity index (χ3v) is 10.4. The van der Waals surface area contributed by atoms with Gasteiger partial charge in [-0.3, -0.25) is 4.79 Å². The molecule has 3 fully saturated rings. The molecule has 1 aromatic carbocycles. The van der Waals surface area contributed by atoms with Crippen LogP contribution in [-0.4, -0.2) is 39.5 Å². The second-order valence-electron chi connectivity index (χ2n) is 13.4. The van der Waals surface area contributed by atoms with E-state index in [9.17, 15) is 9.00 Å². The Bertz CT molecular complexity index is 1210. The number of ether oxygens (including phenoxy) is 1. The lowest BCUT2D eigenvalue weighted by Crippen LogP contribution is -2.39. The number of nitrogens with one attached hydrogen (secondary N) is 2. The molecule has 2 heterocycles. The molecule has 5 rings (SSSR count). The van der Waals surface area contributed by atoms with Crippen molar-refractivity contribution in [3.05, 3.63) is 41.1 Å². The van der Waals surface area contributed by atoms with Crippen LogP contribution in [0.3, 0.4) is 0 Å². The highest BCUT2D eigenvalue weighted by molar-refractivity contribution is 7.83. The first-order chi connectivity index (χ1) is 18.5. The Labute approximate surface area is 237 Å². The van der Waals surface area contributed by atoms with E-state index >= 15 is 0 Å². The Balaban J connectivity index is 1.52. The van der Waals surface area contributed by atoms with Crippen LogP contribution in [0.1, 0.15) is 107 Å². The summed E-state index contributed by atoms with van der Waals surface area (Å²) < 4.78 is 24.6. The molecular weight excluding hydrogens is 506 g/mol. The first-order valence-electron chi connectivity index (χ1n) is 15.0. The molecular formula is C32H47N3O3S. The molecule has 1 amide bonds. The molecule has 0 bridgehead atoms. The van der Waals surface area contributed by atoms with Gasteiger partial charge >= 0.3 is 0 Å². The number of aromatic nitrogens is 1. The highest BCUT2D eigenvalue weighted by atomic mass is 32.2. The van der Waals surface area contributed by atoms with E-state index < -0.39 is 11.0 Å². The zero-order valence-electron chi connectivity index (χ0n) is 24.5. The minimum Gasteiger partial charge on any atom is -0.381 e. The fourth-order valence-corrected chi connectivity index (χ4v) is 7.56. The van der Waals surface area contributed by atoms with Gasteiger partial charge in [-0.2, -0.15) is 0 Å². The predicted octanol–water partition coefficient (Wildman–Crippen LogP) is 6.41. The van der Waals surface area contributed by atoms with Gasteiger partial charge in [0.2, 0.25) is 0 Å². The standard InChI is InChI=1S/C32H47N3O3S/c1-22-26(30(36)33-25-13-17-38-18-14-25)20-28(35(22)21-23-9-7-6-8-10-23)24-11-12-29(39(37)34-31(2,3)4)27(19-24)32(5)15-16-32/h11-12,19-20,23,25,34H,6-10,13-18,21H2,1-5H3,(H,33,36). The van der Waals surface area contributed by atoms with Crippen LogP contribution in [0, 0.1) is 12.8 Å². The number of nitrogens with zero attached hydrogens (tertiary/aromatic N) is 1. The fourth-order valence-electron chi connectivity index (χ4n) is 6.19. The molecule has 1 saturated heterocycles. The molecule has 3 aliphatic rings. The molecule has 7 heteroatoms. The van der Waals surface area contributed by atoms with Crippen LogP contribution in [0.2, 0.25) is 0 Å². The zero-order valence-corrected chi connectivity index (χ0v) is 25.3. The SMILES string of the molecule is Cc1c(C(=O)NC2CCOCC2)cc(-c2ccc(S(=O)NC(C)(C)C)c(C3(C)CC3)c2)n1CC1CCCCC1. The lowest BCUT2D eigenvalue weighted by Gasteiger charge is -2.25. The maximum atomic E-state index is 13.5. The molecule has 2 saturated carbocycles. The van der Waals surface area contributed by atoms with Gasteiger partial charge in [-0.05, 0) is 107 Å². The lowest BCUT2D eigenvalue weighted by atomic mass is 9.89. The fraction of sp³-hybridized carbons (Fsp3) is 0.656. The third kappa shape index (κ3) is 6.68. The van der Waals surface area contributed by atoms with Gasteiger partial charge in [0, 0.05) is 42.7 Å². The van der Waals surface area contributed by atoms with Gasteiger partial charge < -0.3 is 14.6 Å². The van der Waals surface area contributed by atoms with Crippen molar-refractivity contribution in [3.63, 3.8) is 0 Å². The van der Waals surface area contributed by atoms with Gasteiger partial charge in [-0.15, -0.1) is 0 Å². The Morgan fingerprint density at radius 1 is 1.08 bits per heavy atom. The van der Waals surface area contributed by atoms with Crippen LogP contribution in [0.25, 0.3) is 11.3 Å². The monoisotopic (exact) mass is 553 g/mol. The van der Waals surface area contributed by atoms with E-state index in [1.54, 1.807) is 0 Å². The summed E-state index contributed by atoms with van der Waals surface area (Å²) in [5, 5.41) is 3.28. The summed E-state index contributed by atoms with van der Waals surface area (Å²) in [7, 11) is -1.29. The summed E-state index contributed by atoms with van der Waals surface area (Å²) in [5.41, 5.74) is 5.01. The molecule has 39 heavy (non-hydrogen) atoms. The van der Waals surface area contributed by atoms with E-state index in [2.05, 4.69) is 52.7 Å². The Morgan fingerprint density at radius 3 is 2.41 bits per heavy atom. The number of amides is 1. The summed E-state index contributed by atoms with van der Waals surface area (Å²) in [6, 6.07) is 8.70. The number of carbonyl (C=O) groups excluding carboxylic acids is 1. The lowest BCUT2D eigenvalue weighted by molar-refractivity contribution is 0.0696. The zero-order chi connectivity index (χ0) is 27.8. The number of benzene rings is 1. The maximum Gasteiger partial charge on any atom is 0.253 e. The number of hydrogen-bond donors (Lipinski definition) is 2. The molecule has 2 aromatic rings. The van der Waals surface area contributed by atoms with E-state index in [0.717, 1.165) is 59.6 Å². The number of hydrogen-bond acceptors (Lipinski definition) is 3. The van der Waals surface area contributed by atoms with Crippen molar-refractivity contribution < 1.29 is 13.7 Å². The minimum absolute atomic E-state index is 0.0181. The molecule has 1 aliphatic heterocycles. The first kappa shape index (κ1) is 28.6. The average molecular weight is 554 g/mol. The van der Waals surface area contributed by atoms with Crippen molar-refractivity contribution in [1.29, 1.82) is 0 Å². The van der Waals surface area contributed by atoms with Crippen molar-refractivity contribution in [2.24, 2.45) is 5.92 Å². The van der Waals surface area contributed by atoms with Crippen molar-refractivity contribution in [1.82, 2.24) is 14.6 Å². The smallest absolute Gasteiger partial charge is 0.253 e. The Kier molecular flexibility index (Phi) is 8.42. The average Bonchev–Trinajstić information content (AvgIpc) is 3.57. The molecule has 1 unspecified atom stereocenters. The summed E-state index contributed by atoms with van der Waals surface area (Å²) in [5.74, 6) is 0.655. The van der Waals surface area contributed by atoms with Gasteiger partial charge in [0.05, 0.1) is 10.5 Å². The molecule has 0 radical (unpaired) electrons. The molecule has 214 valence electrons. The predicted molar refractivity (Wildman–Crippen MR) is 158 cm³/mol. The van der Waals surface area contributed by atoms with Crippen molar-refractivity contribution >= 4 is 16.9 Å². The van der Waals surface area contributed by atoms with Gasteiger partial charge in [-0.25, -0.2) is 8.93 Å². The second kappa shape index (κ2) is 11.5. The summed E-state index contributed by atoms with van der Waals surface area (Å²) in [6.45, 7) is 12.9. The van der Waals surface area contributed by atoms with Crippen molar-refractivity contribution in [2.45, 2.75) is 121 Å². The largest absolute Gasteiger partial charge is 0.381 e. The Hall–Kier alpha value is -1.96. The van der Waals surface area contributed by atoms with E-state index in [1.807, 2.05) is 20.8 Å². The third-order valence-electron chi connectivity index (χ3n) is 8.86. The quantitative estimate of drug-likeness (QED) is 0.397. The first-order valence-corrected chi connectivity index (χ1v) is 16.1. The summed E-state index contributed by atoms with van der Waals surface area (Å²) in [4.78, 5) is 14.4. The number of carbonyl (C=O) groups is 1. The van der Waals surface area contributed by atoms with Gasteiger partial charge in [0.1, 0.15) is 11.0 Å². The van der Waals surface area contributed by atoms with Gasteiger partial charge in [-0.1, -0.05) is 32.3 Å². The van der Waals surface area contributed by atoms with Gasteiger partial charge in [0.15, 0.2) is 0 Å². The second-order valence-corrected chi connectivity index (χ2v) is 14.6. The normalized spacial score (nSPS) is 21.1. The van der Waals surface area contributed by atoms with E-state index in [0.29, 0.717) is 19.1 Å². The Morgan fingerprint density at radius 2 is 1.77 bits per heavy atom. The number of rotatable bonds is 8. The van der Waals surface area contributed by atoms with Crippen LogP contribution < -0.4 is 10.0 Å². The van der Waals surface area contributed by atoms with Crippen molar-refractivity contribution in [2.75, 3.05) is 13.2 Å². The van der Waals surface area contributed by atoms with Crippen LogP contribution in [0.4, 0.5) is 0 Å². The highest BCUT2D eigenvalue weighted by Crippen LogP contribution is 2.50. The summed E-state index contributed by atoms with van der Waals surface area (Å²) >= 11 is 0. The summed E-state index contributed by atoms with van der Waals surface area (Å²) in [6.07, 6.45) is 10.4. The molecule has 1 aromatic heterocycles. The van der Waals surface area contributed by atoms with Crippen LogP contribution in [-0.2, 0) is 27.7 Å². The van der Waals surface area contributed by atoms with E-state index in [1.165, 1.54) is 37.7 Å². The van der Waals surface area contributed by atoms with Crippen LogP contribution in [0.5, 0.6) is 0 Å². The topological polar surface area (TPSA) is 72.4 Å². The van der Waals surface area contributed by atoms with E-state index in [-0.39, 0.29) is 22.9 Å². The molecule has 6 nitrogen and oxygen atoms in total. The van der Waals surface area contributed by atoms with Crippen LogP contribution >= 0.6 is 0 Å². The highest BCUT2D eigenvalue weighted by Gasteiger charge is 2.42.